The van der Waals surface area contributed by atoms with Crippen LogP contribution in [0.1, 0.15) is 42.1 Å². The summed E-state index contributed by atoms with van der Waals surface area (Å²) in [5, 5.41) is 3.80. The van der Waals surface area contributed by atoms with Gasteiger partial charge in [0.2, 0.25) is 0 Å². The predicted octanol–water partition coefficient (Wildman–Crippen LogP) is 3.88. The Kier molecular flexibility index (Phi) is 6.93. The number of aryl methyl sites for hydroxylation is 1. The van der Waals surface area contributed by atoms with Crippen LogP contribution >= 0.6 is 0 Å². The van der Waals surface area contributed by atoms with Crippen LogP contribution in [0.15, 0.2) is 36.4 Å². The minimum absolute atomic E-state index is 0.235. The van der Waals surface area contributed by atoms with Crippen molar-refractivity contribution in [1.82, 2.24) is 10.2 Å². The van der Waals surface area contributed by atoms with Crippen LogP contribution in [0.3, 0.4) is 0 Å². The molecule has 0 aromatic heterocycles. The van der Waals surface area contributed by atoms with Crippen molar-refractivity contribution >= 4 is 0 Å². The van der Waals surface area contributed by atoms with Crippen LogP contribution in [0.25, 0.3) is 0 Å². The molecular formula is C25H34N2O3. The van der Waals surface area contributed by atoms with Crippen molar-refractivity contribution in [3.63, 3.8) is 0 Å². The molecule has 5 nitrogen and oxygen atoms in total. The third-order valence-electron chi connectivity index (χ3n) is 5.94. The van der Waals surface area contributed by atoms with Gasteiger partial charge in [-0.3, -0.25) is 4.90 Å². The summed E-state index contributed by atoms with van der Waals surface area (Å²) in [7, 11) is 0. The first-order valence-corrected chi connectivity index (χ1v) is 11.2. The number of hydrogen-bond donors (Lipinski definition) is 1. The number of hydrogen-bond acceptors (Lipinski definition) is 5. The van der Waals surface area contributed by atoms with E-state index in [2.05, 4.69) is 60.5 Å². The zero-order chi connectivity index (χ0) is 20.9. The van der Waals surface area contributed by atoms with E-state index in [0.29, 0.717) is 6.61 Å². The first-order valence-electron chi connectivity index (χ1n) is 11.2. The Morgan fingerprint density at radius 3 is 2.67 bits per heavy atom. The number of fused-ring (bicyclic) bond motifs is 1. The Bertz CT molecular complexity index is 831. The van der Waals surface area contributed by atoms with Crippen molar-refractivity contribution in [3.8, 4) is 11.5 Å². The van der Waals surface area contributed by atoms with E-state index in [1.807, 2.05) is 6.92 Å². The summed E-state index contributed by atoms with van der Waals surface area (Å²) in [5.74, 6) is 1.97. The van der Waals surface area contributed by atoms with Crippen molar-refractivity contribution in [2.24, 2.45) is 0 Å². The molecule has 0 amide bonds. The molecule has 0 radical (unpaired) electrons. The van der Waals surface area contributed by atoms with Gasteiger partial charge in [0.15, 0.2) is 0 Å². The quantitative estimate of drug-likeness (QED) is 0.715. The zero-order valence-electron chi connectivity index (χ0n) is 18.4. The highest BCUT2D eigenvalue weighted by molar-refractivity contribution is 5.48. The van der Waals surface area contributed by atoms with E-state index in [-0.39, 0.29) is 12.1 Å². The molecule has 1 saturated heterocycles. The van der Waals surface area contributed by atoms with Crippen molar-refractivity contribution in [3.05, 3.63) is 58.7 Å². The molecule has 2 aromatic carbocycles. The third kappa shape index (κ3) is 5.15. The molecule has 1 N–H and O–H groups in total. The zero-order valence-corrected chi connectivity index (χ0v) is 18.4. The highest BCUT2D eigenvalue weighted by Crippen LogP contribution is 2.35. The summed E-state index contributed by atoms with van der Waals surface area (Å²) in [6.45, 7) is 12.3. The number of morpholine rings is 1. The van der Waals surface area contributed by atoms with Gasteiger partial charge in [-0.25, -0.2) is 0 Å². The fourth-order valence-corrected chi connectivity index (χ4v) is 4.27. The van der Waals surface area contributed by atoms with Crippen molar-refractivity contribution in [2.45, 2.75) is 45.9 Å². The largest absolute Gasteiger partial charge is 0.494 e. The van der Waals surface area contributed by atoms with Gasteiger partial charge in [-0.15, -0.1) is 0 Å². The van der Waals surface area contributed by atoms with Gasteiger partial charge >= 0.3 is 0 Å². The third-order valence-corrected chi connectivity index (χ3v) is 5.94. The van der Waals surface area contributed by atoms with Gasteiger partial charge < -0.3 is 19.5 Å². The molecular weight excluding hydrogens is 376 g/mol. The fourth-order valence-electron chi connectivity index (χ4n) is 4.27. The average Bonchev–Trinajstić information content (AvgIpc) is 3.11. The minimum atomic E-state index is 0.235. The van der Waals surface area contributed by atoms with Crippen LogP contribution in [-0.4, -0.2) is 50.5 Å². The Balaban J connectivity index is 1.52. The maximum atomic E-state index is 6.00. The Labute approximate surface area is 180 Å². The van der Waals surface area contributed by atoms with Gasteiger partial charge in [0.25, 0.3) is 0 Å². The van der Waals surface area contributed by atoms with E-state index in [4.69, 9.17) is 14.2 Å². The van der Waals surface area contributed by atoms with E-state index in [1.165, 1.54) is 16.7 Å². The standard InChI is InChI=1S/C25H34N2O3/c1-4-29-24-14-21-13-19(3)30-25(21)15-22(24)16-26-23(17-27-9-11-28-12-10-27)20-7-5-18(2)6-8-20/h5-8,14-15,19,23,26H,4,9-13,16-17H2,1-3H3/t19-,23-/m0/s1. The Morgan fingerprint density at radius 1 is 1.17 bits per heavy atom. The van der Waals surface area contributed by atoms with Gasteiger partial charge in [-0.2, -0.15) is 0 Å². The van der Waals surface area contributed by atoms with E-state index >= 15 is 0 Å². The molecule has 1 fully saturated rings. The molecule has 0 aliphatic carbocycles. The molecule has 0 unspecified atom stereocenters. The molecule has 30 heavy (non-hydrogen) atoms. The molecule has 162 valence electrons. The fraction of sp³-hybridized carbons (Fsp3) is 0.520. The number of ether oxygens (including phenoxy) is 3. The van der Waals surface area contributed by atoms with Gasteiger partial charge in [0.05, 0.1) is 19.8 Å². The number of nitrogens with zero attached hydrogens (tertiary/aromatic N) is 1. The lowest BCUT2D eigenvalue weighted by Gasteiger charge is -2.31. The number of nitrogens with one attached hydrogen (secondary N) is 1. The second kappa shape index (κ2) is 9.82. The molecule has 0 spiro atoms. The summed E-state index contributed by atoms with van der Waals surface area (Å²) >= 11 is 0. The van der Waals surface area contributed by atoms with E-state index in [0.717, 1.165) is 62.9 Å². The van der Waals surface area contributed by atoms with Crippen LogP contribution < -0.4 is 14.8 Å². The van der Waals surface area contributed by atoms with E-state index < -0.39 is 0 Å². The van der Waals surface area contributed by atoms with Crippen LogP contribution in [-0.2, 0) is 17.7 Å². The van der Waals surface area contributed by atoms with Crippen molar-refractivity contribution < 1.29 is 14.2 Å². The highest BCUT2D eigenvalue weighted by Gasteiger charge is 2.23. The molecule has 2 aliphatic heterocycles. The molecule has 2 aromatic rings. The SMILES string of the molecule is CCOc1cc2c(cc1CN[C@@H](CN1CCOCC1)c1ccc(C)cc1)O[C@@H](C)C2. The Hall–Kier alpha value is -2.08. The summed E-state index contributed by atoms with van der Waals surface area (Å²) in [6.07, 6.45) is 1.19. The highest BCUT2D eigenvalue weighted by atomic mass is 16.5. The molecule has 2 atom stereocenters. The lowest BCUT2D eigenvalue weighted by molar-refractivity contribution is 0.0333. The smallest absolute Gasteiger partial charge is 0.124 e. The van der Waals surface area contributed by atoms with Crippen LogP contribution in [0.2, 0.25) is 0 Å². The van der Waals surface area contributed by atoms with Crippen LogP contribution in [0.4, 0.5) is 0 Å². The lowest BCUT2D eigenvalue weighted by Crippen LogP contribution is -2.41. The Morgan fingerprint density at radius 2 is 1.93 bits per heavy atom. The average molecular weight is 411 g/mol. The molecule has 5 heteroatoms. The summed E-state index contributed by atoms with van der Waals surface area (Å²) in [6, 6.07) is 13.4. The first-order chi connectivity index (χ1) is 14.6. The van der Waals surface area contributed by atoms with Gasteiger partial charge in [0, 0.05) is 49.8 Å². The lowest BCUT2D eigenvalue weighted by atomic mass is 10.0. The monoisotopic (exact) mass is 410 g/mol. The topological polar surface area (TPSA) is 43.0 Å². The number of rotatable bonds is 8. The van der Waals surface area contributed by atoms with Gasteiger partial charge in [-0.1, -0.05) is 29.8 Å². The van der Waals surface area contributed by atoms with Crippen LogP contribution in [0.5, 0.6) is 11.5 Å². The van der Waals surface area contributed by atoms with Gasteiger partial charge in [0.1, 0.15) is 17.6 Å². The molecule has 2 aliphatic rings. The van der Waals surface area contributed by atoms with Crippen LogP contribution in [0, 0.1) is 6.92 Å². The second-order valence-corrected chi connectivity index (χ2v) is 8.39. The van der Waals surface area contributed by atoms with Crippen molar-refractivity contribution in [2.75, 3.05) is 39.5 Å². The first kappa shape index (κ1) is 21.2. The van der Waals surface area contributed by atoms with E-state index in [9.17, 15) is 0 Å². The van der Waals surface area contributed by atoms with Gasteiger partial charge in [-0.05, 0) is 38.5 Å². The second-order valence-electron chi connectivity index (χ2n) is 8.39. The molecule has 4 rings (SSSR count). The number of benzene rings is 2. The maximum absolute atomic E-state index is 6.00. The summed E-state index contributed by atoms with van der Waals surface area (Å²) in [4.78, 5) is 2.48. The predicted molar refractivity (Wildman–Crippen MR) is 119 cm³/mol. The van der Waals surface area contributed by atoms with E-state index in [1.54, 1.807) is 0 Å². The maximum Gasteiger partial charge on any atom is 0.124 e. The molecule has 0 saturated carbocycles. The summed E-state index contributed by atoms with van der Waals surface area (Å²) in [5.41, 5.74) is 5.00. The summed E-state index contributed by atoms with van der Waals surface area (Å²) < 4.78 is 17.5. The minimum Gasteiger partial charge on any atom is -0.494 e. The van der Waals surface area contributed by atoms with Crippen molar-refractivity contribution in [1.29, 1.82) is 0 Å². The molecule has 2 heterocycles. The normalized spacial score (nSPS) is 19.9. The molecule has 0 bridgehead atoms.